The van der Waals surface area contributed by atoms with Crippen molar-refractivity contribution >= 4 is 38.1 Å². The molecule has 0 atom stereocenters. The average Bonchev–Trinajstić information content (AvgIpc) is 3.45. The number of nitrogens with zero attached hydrogens (tertiary/aromatic N) is 5. The molecule has 5 rings (SSSR count). The Morgan fingerprint density at radius 1 is 0.968 bits per heavy atom. The lowest BCUT2D eigenvalue weighted by atomic mass is 10.1. The molecule has 0 unspecified atom stereocenters. The predicted octanol–water partition coefficient (Wildman–Crippen LogP) is 3.95. The minimum absolute atomic E-state index is 0.252. The third kappa shape index (κ3) is 3.90. The molecule has 0 radical (unpaired) electrons. The van der Waals surface area contributed by atoms with Crippen molar-refractivity contribution in [2.45, 2.75) is 4.21 Å². The zero-order valence-corrected chi connectivity index (χ0v) is 17.9. The SMILES string of the molecule is Cn1cc(-c2cnc3ccc(-c4cncc(NS(=O)(=O)c5cccs5)c4)cc3n2)cn1. The number of nitrogens with one attached hydrogen (secondary N) is 1. The van der Waals surface area contributed by atoms with E-state index in [-0.39, 0.29) is 4.21 Å². The Kier molecular flexibility index (Phi) is 4.72. The van der Waals surface area contributed by atoms with Gasteiger partial charge in [0, 0.05) is 30.6 Å². The van der Waals surface area contributed by atoms with Crippen LogP contribution in [-0.2, 0) is 17.1 Å². The van der Waals surface area contributed by atoms with E-state index in [2.05, 4.69) is 19.8 Å². The summed E-state index contributed by atoms with van der Waals surface area (Å²) >= 11 is 1.16. The van der Waals surface area contributed by atoms with Gasteiger partial charge in [-0.1, -0.05) is 12.1 Å². The first-order valence-corrected chi connectivity index (χ1v) is 11.6. The van der Waals surface area contributed by atoms with Gasteiger partial charge in [0.1, 0.15) is 4.21 Å². The van der Waals surface area contributed by atoms with Crippen molar-refractivity contribution in [3.63, 3.8) is 0 Å². The van der Waals surface area contributed by atoms with Crippen LogP contribution in [0.15, 0.2) is 77.0 Å². The van der Waals surface area contributed by atoms with Crippen LogP contribution in [0.3, 0.4) is 0 Å². The molecule has 4 aromatic heterocycles. The van der Waals surface area contributed by atoms with E-state index < -0.39 is 10.0 Å². The van der Waals surface area contributed by atoms with Gasteiger partial charge >= 0.3 is 0 Å². The van der Waals surface area contributed by atoms with Crippen molar-refractivity contribution in [3.05, 3.63) is 72.8 Å². The fourth-order valence-electron chi connectivity index (χ4n) is 3.16. The first-order valence-electron chi connectivity index (χ1n) is 9.25. The Morgan fingerprint density at radius 2 is 1.87 bits per heavy atom. The molecule has 0 amide bonds. The van der Waals surface area contributed by atoms with Crippen LogP contribution in [0.4, 0.5) is 5.69 Å². The number of hydrogen-bond acceptors (Lipinski definition) is 7. The molecule has 31 heavy (non-hydrogen) atoms. The van der Waals surface area contributed by atoms with E-state index in [0.29, 0.717) is 5.69 Å². The van der Waals surface area contributed by atoms with Crippen LogP contribution in [0, 0.1) is 0 Å². The topological polar surface area (TPSA) is 103 Å². The number of benzene rings is 1. The average molecular weight is 449 g/mol. The van der Waals surface area contributed by atoms with E-state index >= 15 is 0 Å². The first-order chi connectivity index (χ1) is 15.0. The van der Waals surface area contributed by atoms with Gasteiger partial charge in [-0.15, -0.1) is 11.3 Å². The summed E-state index contributed by atoms with van der Waals surface area (Å²) in [7, 11) is -1.79. The number of sulfonamides is 1. The Bertz CT molecular complexity index is 1490. The lowest BCUT2D eigenvalue weighted by Gasteiger charge is -2.09. The highest BCUT2D eigenvalue weighted by Gasteiger charge is 2.16. The van der Waals surface area contributed by atoms with Gasteiger partial charge < -0.3 is 0 Å². The number of thiophene rings is 1. The molecule has 8 nitrogen and oxygen atoms in total. The minimum atomic E-state index is -3.64. The van der Waals surface area contributed by atoms with Crippen LogP contribution in [-0.4, -0.2) is 33.2 Å². The van der Waals surface area contributed by atoms with E-state index in [1.807, 2.05) is 31.4 Å². The summed E-state index contributed by atoms with van der Waals surface area (Å²) in [6.45, 7) is 0. The van der Waals surface area contributed by atoms with E-state index in [0.717, 1.165) is 44.8 Å². The fraction of sp³-hybridized carbons (Fsp3) is 0.0476. The lowest BCUT2D eigenvalue weighted by molar-refractivity contribution is 0.603. The van der Waals surface area contributed by atoms with E-state index in [9.17, 15) is 8.42 Å². The highest BCUT2D eigenvalue weighted by molar-refractivity contribution is 7.94. The molecule has 4 heterocycles. The monoisotopic (exact) mass is 448 g/mol. The van der Waals surface area contributed by atoms with Crippen LogP contribution >= 0.6 is 11.3 Å². The number of fused-ring (bicyclic) bond motifs is 1. The smallest absolute Gasteiger partial charge is 0.271 e. The predicted molar refractivity (Wildman–Crippen MR) is 120 cm³/mol. The van der Waals surface area contributed by atoms with Crippen LogP contribution < -0.4 is 4.72 Å². The second kappa shape index (κ2) is 7.56. The van der Waals surface area contributed by atoms with Crippen LogP contribution in [0.25, 0.3) is 33.4 Å². The maximum absolute atomic E-state index is 12.5. The van der Waals surface area contributed by atoms with E-state index in [1.54, 1.807) is 46.9 Å². The Balaban J connectivity index is 1.49. The molecule has 0 aliphatic rings. The molecule has 0 saturated carbocycles. The highest BCUT2D eigenvalue weighted by Crippen LogP contribution is 2.27. The Hall–Kier alpha value is -3.63. The minimum Gasteiger partial charge on any atom is -0.277 e. The number of aryl methyl sites for hydroxylation is 1. The van der Waals surface area contributed by atoms with E-state index in [4.69, 9.17) is 4.98 Å². The molecular weight excluding hydrogens is 432 g/mol. The molecule has 1 N–H and O–H groups in total. The summed E-state index contributed by atoms with van der Waals surface area (Å²) in [4.78, 5) is 13.4. The molecule has 154 valence electrons. The van der Waals surface area contributed by atoms with Gasteiger partial charge in [-0.25, -0.2) is 13.4 Å². The second-order valence-corrected chi connectivity index (χ2v) is 9.72. The number of rotatable bonds is 5. The standard InChI is InChI=1S/C21H16N6O2S2/c1-27-13-16(10-24-27)20-12-23-18-5-4-14(8-19(18)25-20)15-7-17(11-22-9-15)26-31(28,29)21-3-2-6-30-21/h2-13,26H,1H3. The van der Waals surface area contributed by atoms with Gasteiger partial charge in [-0.3, -0.25) is 19.4 Å². The normalized spacial score (nSPS) is 11.6. The third-order valence-corrected chi connectivity index (χ3v) is 7.41. The quantitative estimate of drug-likeness (QED) is 0.437. The molecule has 5 aromatic rings. The fourth-order valence-corrected chi connectivity index (χ4v) is 5.19. The van der Waals surface area contributed by atoms with Crippen molar-refractivity contribution < 1.29 is 8.42 Å². The summed E-state index contributed by atoms with van der Waals surface area (Å²) in [5.41, 5.74) is 5.11. The highest BCUT2D eigenvalue weighted by atomic mass is 32.2. The third-order valence-electron chi connectivity index (χ3n) is 4.63. The van der Waals surface area contributed by atoms with Crippen molar-refractivity contribution in [1.82, 2.24) is 24.7 Å². The molecule has 0 aliphatic carbocycles. The van der Waals surface area contributed by atoms with Crippen LogP contribution in [0.5, 0.6) is 0 Å². The summed E-state index contributed by atoms with van der Waals surface area (Å²) < 4.78 is 29.6. The molecular formula is C21H16N6O2S2. The maximum atomic E-state index is 12.5. The number of aromatic nitrogens is 5. The second-order valence-electron chi connectivity index (χ2n) is 6.86. The number of pyridine rings is 1. The molecule has 0 bridgehead atoms. The van der Waals surface area contributed by atoms with Crippen molar-refractivity contribution in [2.24, 2.45) is 7.05 Å². The van der Waals surface area contributed by atoms with Crippen LogP contribution in [0.2, 0.25) is 0 Å². The molecule has 1 aromatic carbocycles. The van der Waals surface area contributed by atoms with Gasteiger partial charge in [-0.05, 0) is 35.2 Å². The van der Waals surface area contributed by atoms with Gasteiger partial charge in [0.05, 0.1) is 41.0 Å². The van der Waals surface area contributed by atoms with Gasteiger partial charge in [0.2, 0.25) is 0 Å². The molecule has 0 fully saturated rings. The van der Waals surface area contributed by atoms with Crippen molar-refractivity contribution in [3.8, 4) is 22.4 Å². The lowest BCUT2D eigenvalue weighted by Crippen LogP contribution is -2.11. The zero-order chi connectivity index (χ0) is 21.4. The van der Waals surface area contributed by atoms with Crippen molar-refractivity contribution in [2.75, 3.05) is 4.72 Å². The number of anilines is 1. The van der Waals surface area contributed by atoms with Gasteiger partial charge in [0.25, 0.3) is 10.0 Å². The van der Waals surface area contributed by atoms with E-state index in [1.165, 1.54) is 6.20 Å². The number of hydrogen-bond donors (Lipinski definition) is 1. The van der Waals surface area contributed by atoms with Gasteiger partial charge in [-0.2, -0.15) is 5.10 Å². The summed E-state index contributed by atoms with van der Waals surface area (Å²) in [6.07, 6.45) is 8.51. The van der Waals surface area contributed by atoms with Gasteiger partial charge in [0.15, 0.2) is 0 Å². The Morgan fingerprint density at radius 3 is 2.65 bits per heavy atom. The zero-order valence-electron chi connectivity index (χ0n) is 16.3. The molecule has 0 aliphatic heterocycles. The summed E-state index contributed by atoms with van der Waals surface area (Å²) in [5.74, 6) is 0. The molecule has 0 spiro atoms. The largest absolute Gasteiger partial charge is 0.277 e. The molecule has 0 saturated heterocycles. The summed E-state index contributed by atoms with van der Waals surface area (Å²) in [5, 5.41) is 5.90. The molecule has 10 heteroatoms. The Labute approximate surface area is 182 Å². The first kappa shape index (κ1) is 19.3. The van der Waals surface area contributed by atoms with Crippen molar-refractivity contribution in [1.29, 1.82) is 0 Å². The van der Waals surface area contributed by atoms with Crippen LogP contribution in [0.1, 0.15) is 0 Å². The summed E-state index contributed by atoms with van der Waals surface area (Å²) in [6, 6.07) is 10.7. The maximum Gasteiger partial charge on any atom is 0.271 e.